The maximum Gasteiger partial charge on any atom is 0.407 e. The molecule has 1 atom stereocenters. The first-order valence-electron chi connectivity index (χ1n) is 6.36. The summed E-state index contributed by atoms with van der Waals surface area (Å²) in [7, 11) is 0. The van der Waals surface area contributed by atoms with Crippen molar-refractivity contribution >= 4 is 39.3 Å². The van der Waals surface area contributed by atoms with Gasteiger partial charge in [0.05, 0.1) is 15.2 Å². The molecule has 0 heterocycles. The Bertz CT molecular complexity index is 475. The van der Waals surface area contributed by atoms with Crippen LogP contribution in [-0.4, -0.2) is 24.3 Å². The number of benzene rings is 1. The van der Waals surface area contributed by atoms with E-state index >= 15 is 0 Å². The molecule has 0 saturated heterocycles. The molecule has 20 heavy (non-hydrogen) atoms. The van der Waals surface area contributed by atoms with E-state index in [1.807, 2.05) is 39.8 Å². The molecule has 0 bridgehead atoms. The Kier molecular flexibility index (Phi) is 6.14. The minimum Gasteiger partial charge on any atom is -0.444 e. The molecule has 0 aliphatic carbocycles. The highest BCUT2D eigenvalue weighted by molar-refractivity contribution is 9.10. The summed E-state index contributed by atoms with van der Waals surface area (Å²) < 4.78 is 5.98. The molecular weight excluding hydrogens is 344 g/mol. The van der Waals surface area contributed by atoms with E-state index in [-0.39, 0.29) is 6.04 Å². The van der Waals surface area contributed by atoms with Crippen molar-refractivity contribution in [2.24, 2.45) is 0 Å². The summed E-state index contributed by atoms with van der Waals surface area (Å²) >= 11 is 9.44. The molecule has 6 heteroatoms. The number of halogens is 2. The smallest absolute Gasteiger partial charge is 0.407 e. The molecule has 1 aromatic rings. The lowest BCUT2D eigenvalue weighted by molar-refractivity contribution is 0.0526. The highest BCUT2D eigenvalue weighted by Gasteiger charge is 2.16. The number of alkyl carbamates (subject to hydrolysis) is 1. The van der Waals surface area contributed by atoms with Gasteiger partial charge in [0, 0.05) is 12.6 Å². The lowest BCUT2D eigenvalue weighted by atomic mass is 10.2. The van der Waals surface area contributed by atoms with E-state index in [1.54, 1.807) is 6.07 Å². The van der Waals surface area contributed by atoms with Crippen molar-refractivity contribution in [2.45, 2.75) is 39.3 Å². The van der Waals surface area contributed by atoms with E-state index < -0.39 is 11.7 Å². The summed E-state index contributed by atoms with van der Waals surface area (Å²) in [6, 6.07) is 5.63. The van der Waals surface area contributed by atoms with Crippen molar-refractivity contribution in [3.8, 4) is 0 Å². The molecule has 0 fully saturated rings. The van der Waals surface area contributed by atoms with Gasteiger partial charge in [-0.15, -0.1) is 0 Å². The van der Waals surface area contributed by atoms with Gasteiger partial charge in [0.2, 0.25) is 0 Å². The number of ether oxygens (including phenoxy) is 1. The lowest BCUT2D eigenvalue weighted by Gasteiger charge is -2.21. The first kappa shape index (κ1) is 17.1. The lowest BCUT2D eigenvalue weighted by Crippen LogP contribution is -2.38. The molecule has 0 aromatic heterocycles. The summed E-state index contributed by atoms with van der Waals surface area (Å²) in [6.45, 7) is 7.91. The molecule has 2 N–H and O–H groups in total. The van der Waals surface area contributed by atoms with E-state index in [1.165, 1.54) is 0 Å². The largest absolute Gasteiger partial charge is 0.444 e. The molecular formula is C14H20BrClN2O2. The molecule has 0 aliphatic heterocycles. The van der Waals surface area contributed by atoms with Gasteiger partial charge < -0.3 is 15.4 Å². The Balaban J connectivity index is 2.46. The monoisotopic (exact) mass is 362 g/mol. The minimum absolute atomic E-state index is 0.0392. The van der Waals surface area contributed by atoms with E-state index in [4.69, 9.17) is 16.3 Å². The predicted octanol–water partition coefficient (Wildman–Crippen LogP) is 4.43. The molecule has 1 unspecified atom stereocenters. The van der Waals surface area contributed by atoms with Crippen molar-refractivity contribution in [1.82, 2.24) is 5.32 Å². The zero-order chi connectivity index (χ0) is 15.3. The standard InChI is InChI=1S/C14H20BrClN2O2/c1-9(8-17-13(19)20-14(2,3)4)18-11-7-5-6-10(16)12(11)15/h5-7,9,18H,8H2,1-4H3,(H,17,19). The first-order chi connectivity index (χ1) is 9.19. The number of carbonyl (C=O) groups is 1. The van der Waals surface area contributed by atoms with Crippen LogP contribution in [0.4, 0.5) is 10.5 Å². The third-order valence-electron chi connectivity index (χ3n) is 2.30. The van der Waals surface area contributed by atoms with Crippen LogP contribution in [0, 0.1) is 0 Å². The quantitative estimate of drug-likeness (QED) is 0.832. The average Bonchev–Trinajstić information content (AvgIpc) is 2.30. The third-order valence-corrected chi connectivity index (χ3v) is 3.70. The van der Waals surface area contributed by atoms with Crippen molar-refractivity contribution < 1.29 is 9.53 Å². The fraction of sp³-hybridized carbons (Fsp3) is 0.500. The Morgan fingerprint density at radius 3 is 2.70 bits per heavy atom. The van der Waals surface area contributed by atoms with Crippen LogP contribution in [0.3, 0.4) is 0 Å². The zero-order valence-electron chi connectivity index (χ0n) is 12.1. The Hall–Kier alpha value is -0.940. The van der Waals surface area contributed by atoms with E-state index in [2.05, 4.69) is 26.6 Å². The van der Waals surface area contributed by atoms with Crippen LogP contribution in [0.1, 0.15) is 27.7 Å². The number of carbonyl (C=O) groups excluding carboxylic acids is 1. The highest BCUT2D eigenvalue weighted by atomic mass is 79.9. The number of amides is 1. The molecule has 112 valence electrons. The zero-order valence-corrected chi connectivity index (χ0v) is 14.4. The fourth-order valence-corrected chi connectivity index (χ4v) is 2.04. The summed E-state index contributed by atoms with van der Waals surface area (Å²) in [5.41, 5.74) is 0.396. The van der Waals surface area contributed by atoms with Gasteiger partial charge in [0.15, 0.2) is 0 Å². The van der Waals surface area contributed by atoms with Crippen LogP contribution in [0.15, 0.2) is 22.7 Å². The maximum absolute atomic E-state index is 11.5. The minimum atomic E-state index is -0.489. The second-order valence-electron chi connectivity index (χ2n) is 5.53. The number of hydrogen-bond donors (Lipinski definition) is 2. The molecule has 0 aliphatic rings. The molecule has 4 nitrogen and oxygen atoms in total. The van der Waals surface area contributed by atoms with Crippen molar-refractivity contribution in [3.05, 3.63) is 27.7 Å². The van der Waals surface area contributed by atoms with E-state index in [0.29, 0.717) is 11.6 Å². The van der Waals surface area contributed by atoms with Gasteiger partial charge in [0.1, 0.15) is 5.60 Å². The van der Waals surface area contributed by atoms with Crippen LogP contribution in [0.25, 0.3) is 0 Å². The highest BCUT2D eigenvalue weighted by Crippen LogP contribution is 2.30. The molecule has 0 radical (unpaired) electrons. The van der Waals surface area contributed by atoms with Gasteiger partial charge >= 0.3 is 6.09 Å². The van der Waals surface area contributed by atoms with Gasteiger partial charge in [0.25, 0.3) is 0 Å². The van der Waals surface area contributed by atoms with Crippen molar-refractivity contribution in [1.29, 1.82) is 0 Å². The van der Waals surface area contributed by atoms with Crippen LogP contribution < -0.4 is 10.6 Å². The number of hydrogen-bond acceptors (Lipinski definition) is 3. The van der Waals surface area contributed by atoms with Gasteiger partial charge in [-0.05, 0) is 55.8 Å². The molecule has 0 saturated carbocycles. The van der Waals surface area contributed by atoms with Gasteiger partial charge in [-0.1, -0.05) is 17.7 Å². The van der Waals surface area contributed by atoms with Crippen molar-refractivity contribution in [2.75, 3.05) is 11.9 Å². The van der Waals surface area contributed by atoms with Crippen LogP contribution in [0.2, 0.25) is 5.02 Å². The van der Waals surface area contributed by atoms with Crippen LogP contribution in [-0.2, 0) is 4.74 Å². The predicted molar refractivity (Wildman–Crippen MR) is 86.5 cm³/mol. The van der Waals surface area contributed by atoms with E-state index in [0.717, 1.165) is 10.2 Å². The molecule has 1 amide bonds. The molecule has 1 aromatic carbocycles. The second kappa shape index (κ2) is 7.18. The molecule has 0 spiro atoms. The maximum atomic E-state index is 11.5. The number of nitrogens with one attached hydrogen (secondary N) is 2. The summed E-state index contributed by atoms with van der Waals surface area (Å²) in [4.78, 5) is 11.5. The number of anilines is 1. The van der Waals surface area contributed by atoms with Gasteiger partial charge in [-0.25, -0.2) is 4.79 Å². The second-order valence-corrected chi connectivity index (χ2v) is 6.73. The summed E-state index contributed by atoms with van der Waals surface area (Å²) in [5, 5.41) is 6.63. The topological polar surface area (TPSA) is 50.4 Å². The Morgan fingerprint density at radius 1 is 1.45 bits per heavy atom. The normalized spacial score (nSPS) is 12.7. The number of rotatable bonds is 4. The van der Waals surface area contributed by atoms with Gasteiger partial charge in [-0.3, -0.25) is 0 Å². The Morgan fingerprint density at radius 2 is 2.10 bits per heavy atom. The van der Waals surface area contributed by atoms with Crippen LogP contribution >= 0.6 is 27.5 Å². The summed E-state index contributed by atoms with van der Waals surface area (Å²) in [6.07, 6.45) is -0.420. The average molecular weight is 364 g/mol. The SMILES string of the molecule is CC(CNC(=O)OC(C)(C)C)Nc1cccc(Cl)c1Br. The third kappa shape index (κ3) is 6.01. The Labute approximate surface area is 133 Å². The molecule has 1 rings (SSSR count). The van der Waals surface area contributed by atoms with Crippen LogP contribution in [0.5, 0.6) is 0 Å². The fourth-order valence-electron chi connectivity index (χ4n) is 1.48. The van der Waals surface area contributed by atoms with Crippen molar-refractivity contribution in [3.63, 3.8) is 0 Å². The first-order valence-corrected chi connectivity index (χ1v) is 7.53. The van der Waals surface area contributed by atoms with Gasteiger partial charge in [-0.2, -0.15) is 0 Å². The van der Waals surface area contributed by atoms with E-state index in [9.17, 15) is 4.79 Å². The summed E-state index contributed by atoms with van der Waals surface area (Å²) in [5.74, 6) is 0.